The minimum absolute atomic E-state index is 0.0142. The molecule has 2 amide bonds. The summed E-state index contributed by atoms with van der Waals surface area (Å²) in [5.74, 6) is 2.50. The van der Waals surface area contributed by atoms with Crippen molar-refractivity contribution < 1.29 is 28.5 Å². The van der Waals surface area contributed by atoms with Crippen LogP contribution in [0.25, 0.3) is 0 Å². The van der Waals surface area contributed by atoms with Gasteiger partial charge < -0.3 is 34.1 Å². The molecule has 2 saturated heterocycles. The van der Waals surface area contributed by atoms with E-state index in [0.717, 1.165) is 65.0 Å². The van der Waals surface area contributed by atoms with E-state index in [2.05, 4.69) is 24.1 Å². The average Bonchev–Trinajstić information content (AvgIpc) is 3.71. The molecule has 0 unspecified atom stereocenters. The van der Waals surface area contributed by atoms with Gasteiger partial charge in [-0.05, 0) is 75.5 Å². The van der Waals surface area contributed by atoms with Crippen LogP contribution >= 0.6 is 0 Å². The highest BCUT2D eigenvalue weighted by atomic mass is 16.5. The second-order valence-corrected chi connectivity index (χ2v) is 11.8. The second-order valence-electron chi connectivity index (χ2n) is 11.8. The fourth-order valence-electron chi connectivity index (χ4n) is 5.88. The molecule has 9 nitrogen and oxygen atoms in total. The van der Waals surface area contributed by atoms with Crippen molar-refractivity contribution in [3.8, 4) is 11.5 Å². The highest BCUT2D eigenvalue weighted by Crippen LogP contribution is 2.33. The highest BCUT2D eigenvalue weighted by molar-refractivity contribution is 5.95. The number of carbonyl (C=O) groups excluding carboxylic acids is 2. The monoisotopic (exact) mass is 559 g/mol. The Hall–Kier alpha value is -2.36. The van der Waals surface area contributed by atoms with Gasteiger partial charge in [0.15, 0.2) is 11.5 Å². The predicted octanol–water partition coefficient (Wildman–Crippen LogP) is 3.60. The van der Waals surface area contributed by atoms with Crippen LogP contribution < -0.4 is 14.8 Å². The molecule has 224 valence electrons. The van der Waals surface area contributed by atoms with Crippen LogP contribution in [0.4, 0.5) is 0 Å². The largest absolute Gasteiger partial charge is 0.493 e. The van der Waals surface area contributed by atoms with Gasteiger partial charge in [-0.3, -0.25) is 9.59 Å². The Kier molecular flexibility index (Phi) is 11.5. The number of amides is 2. The molecule has 2 heterocycles. The molecule has 1 aromatic carbocycles. The van der Waals surface area contributed by atoms with E-state index >= 15 is 0 Å². The predicted molar refractivity (Wildman–Crippen MR) is 154 cm³/mol. The third-order valence-corrected chi connectivity index (χ3v) is 8.50. The van der Waals surface area contributed by atoms with Gasteiger partial charge >= 0.3 is 0 Å². The third-order valence-electron chi connectivity index (χ3n) is 8.50. The minimum Gasteiger partial charge on any atom is -0.493 e. The van der Waals surface area contributed by atoms with Crippen molar-refractivity contribution in [2.45, 2.75) is 64.5 Å². The van der Waals surface area contributed by atoms with Crippen molar-refractivity contribution in [2.75, 3.05) is 66.8 Å². The fraction of sp³-hybridized carbons (Fsp3) is 0.742. The molecule has 0 bridgehead atoms. The SMILES string of the molecule is COCCCOc1cc(C(=O)N(C[C@@H]2CNC[C@@H]2CN(C(=O)CC2CCOCC2)C2CC2)C(C)C)ccc1OC. The van der Waals surface area contributed by atoms with E-state index in [4.69, 9.17) is 18.9 Å². The Balaban J connectivity index is 1.40. The summed E-state index contributed by atoms with van der Waals surface area (Å²) < 4.78 is 22.0. The molecular formula is C31H49N3O6. The quantitative estimate of drug-likeness (QED) is 0.329. The van der Waals surface area contributed by atoms with Gasteiger partial charge in [-0.2, -0.15) is 0 Å². The number of hydrogen-bond donors (Lipinski definition) is 1. The fourth-order valence-corrected chi connectivity index (χ4v) is 5.88. The zero-order valence-electron chi connectivity index (χ0n) is 24.9. The summed E-state index contributed by atoms with van der Waals surface area (Å²) in [6.07, 6.45) is 5.56. The van der Waals surface area contributed by atoms with Crippen molar-refractivity contribution in [2.24, 2.45) is 17.8 Å². The van der Waals surface area contributed by atoms with Gasteiger partial charge in [0.1, 0.15) is 0 Å². The van der Waals surface area contributed by atoms with E-state index in [0.29, 0.717) is 67.0 Å². The molecular weight excluding hydrogens is 510 g/mol. The number of nitrogens with one attached hydrogen (secondary N) is 1. The summed E-state index contributed by atoms with van der Waals surface area (Å²) in [6, 6.07) is 5.83. The first-order chi connectivity index (χ1) is 19.4. The summed E-state index contributed by atoms with van der Waals surface area (Å²) in [4.78, 5) is 31.3. The Morgan fingerprint density at radius 1 is 1.00 bits per heavy atom. The molecule has 1 aliphatic carbocycles. The summed E-state index contributed by atoms with van der Waals surface area (Å²) in [7, 11) is 3.27. The number of carbonyl (C=O) groups is 2. The van der Waals surface area contributed by atoms with Gasteiger partial charge in [-0.15, -0.1) is 0 Å². The van der Waals surface area contributed by atoms with E-state index in [1.54, 1.807) is 26.4 Å². The molecule has 0 radical (unpaired) electrons. The second kappa shape index (κ2) is 15.0. The molecule has 40 heavy (non-hydrogen) atoms. The maximum atomic E-state index is 13.8. The van der Waals surface area contributed by atoms with Gasteiger partial charge in [0.05, 0.1) is 13.7 Å². The molecule has 2 atom stereocenters. The van der Waals surface area contributed by atoms with Crippen LogP contribution in [0.2, 0.25) is 0 Å². The number of hydrogen-bond acceptors (Lipinski definition) is 7. The molecule has 1 N–H and O–H groups in total. The van der Waals surface area contributed by atoms with E-state index in [1.807, 2.05) is 11.0 Å². The lowest BCUT2D eigenvalue weighted by molar-refractivity contribution is -0.134. The topological polar surface area (TPSA) is 89.6 Å². The maximum Gasteiger partial charge on any atom is 0.254 e. The molecule has 9 heteroatoms. The lowest BCUT2D eigenvalue weighted by atomic mass is 9.92. The summed E-state index contributed by atoms with van der Waals surface area (Å²) in [5.41, 5.74) is 0.588. The molecule has 4 rings (SSSR count). The normalized spacial score (nSPS) is 21.4. The maximum absolute atomic E-state index is 13.8. The minimum atomic E-state index is -0.0142. The third kappa shape index (κ3) is 8.33. The average molecular weight is 560 g/mol. The number of nitrogens with zero attached hydrogens (tertiary/aromatic N) is 2. The van der Waals surface area contributed by atoms with Gasteiger partial charge in [-0.25, -0.2) is 0 Å². The van der Waals surface area contributed by atoms with Crippen LogP contribution in [0, 0.1) is 17.8 Å². The number of methoxy groups -OCH3 is 2. The van der Waals surface area contributed by atoms with Crippen LogP contribution in [0.1, 0.15) is 62.7 Å². The number of ether oxygens (including phenoxy) is 4. The van der Waals surface area contributed by atoms with Crippen LogP contribution in [0.15, 0.2) is 18.2 Å². The Morgan fingerprint density at radius 3 is 2.38 bits per heavy atom. The lowest BCUT2D eigenvalue weighted by Gasteiger charge is -2.34. The zero-order chi connectivity index (χ0) is 28.5. The van der Waals surface area contributed by atoms with E-state index in [9.17, 15) is 9.59 Å². The lowest BCUT2D eigenvalue weighted by Crippen LogP contribution is -2.45. The van der Waals surface area contributed by atoms with Gasteiger partial charge in [0.25, 0.3) is 5.91 Å². The van der Waals surface area contributed by atoms with Crippen molar-refractivity contribution in [3.63, 3.8) is 0 Å². The van der Waals surface area contributed by atoms with E-state index in [1.165, 1.54) is 0 Å². The van der Waals surface area contributed by atoms with E-state index in [-0.39, 0.29) is 17.9 Å². The summed E-state index contributed by atoms with van der Waals surface area (Å²) in [6.45, 7) is 9.90. The number of benzene rings is 1. The first-order valence-electron chi connectivity index (χ1n) is 15.1. The molecule has 2 aliphatic heterocycles. The van der Waals surface area contributed by atoms with Crippen LogP contribution in [-0.4, -0.2) is 101 Å². The Morgan fingerprint density at radius 2 is 1.73 bits per heavy atom. The molecule has 1 aromatic rings. The van der Waals surface area contributed by atoms with Gasteiger partial charge in [0, 0.05) is 83.6 Å². The molecule has 1 saturated carbocycles. The first kappa shape index (κ1) is 30.6. The van der Waals surface area contributed by atoms with Gasteiger partial charge in [0.2, 0.25) is 5.91 Å². The van der Waals surface area contributed by atoms with Crippen molar-refractivity contribution in [3.05, 3.63) is 23.8 Å². The number of rotatable bonds is 15. The van der Waals surface area contributed by atoms with Gasteiger partial charge in [-0.1, -0.05) is 0 Å². The molecule has 0 spiro atoms. The molecule has 3 aliphatic rings. The standard InChI is InChI=1S/C31H49N3O6/c1-22(2)33(31(36)24-6-9-28(38-4)29(17-24)40-13-5-12-37-3)20-25-18-32-19-26(25)21-34(27-7-8-27)30(35)16-23-10-14-39-15-11-23/h6,9,17,22-23,25-27,32H,5,7-8,10-16,18-21H2,1-4H3/t25-,26+/m0/s1. The van der Waals surface area contributed by atoms with Crippen molar-refractivity contribution in [1.29, 1.82) is 0 Å². The summed E-state index contributed by atoms with van der Waals surface area (Å²) in [5, 5.41) is 3.55. The zero-order valence-corrected chi connectivity index (χ0v) is 24.9. The molecule has 3 fully saturated rings. The van der Waals surface area contributed by atoms with Crippen LogP contribution in [0.3, 0.4) is 0 Å². The Labute approximate surface area is 239 Å². The Bertz CT molecular complexity index is 962. The van der Waals surface area contributed by atoms with Crippen molar-refractivity contribution >= 4 is 11.8 Å². The summed E-state index contributed by atoms with van der Waals surface area (Å²) >= 11 is 0. The molecule has 0 aromatic heterocycles. The van der Waals surface area contributed by atoms with Crippen LogP contribution in [-0.2, 0) is 14.3 Å². The van der Waals surface area contributed by atoms with E-state index < -0.39 is 0 Å². The van der Waals surface area contributed by atoms with Crippen LogP contribution in [0.5, 0.6) is 11.5 Å². The smallest absolute Gasteiger partial charge is 0.254 e. The highest BCUT2D eigenvalue weighted by Gasteiger charge is 2.39. The van der Waals surface area contributed by atoms with Crippen molar-refractivity contribution in [1.82, 2.24) is 15.1 Å². The first-order valence-corrected chi connectivity index (χ1v) is 15.1.